The lowest BCUT2D eigenvalue weighted by Gasteiger charge is -2.50. The molecule has 3 nitrogen and oxygen atoms in total. The predicted octanol–water partition coefficient (Wildman–Crippen LogP) is 8.09. The molecule has 4 heteroatoms. The van der Waals surface area contributed by atoms with Gasteiger partial charge in [-0.05, 0) is 108 Å². The van der Waals surface area contributed by atoms with Gasteiger partial charge in [0.1, 0.15) is 0 Å². The Balaban J connectivity index is 2.16. The Hall–Kier alpha value is 0.0969. The summed E-state index contributed by atoms with van der Waals surface area (Å²) in [6.45, 7) is 22.3. The van der Waals surface area contributed by atoms with Crippen LogP contribution in [0.2, 0.25) is 18.1 Å². The molecule has 0 unspecified atom stereocenters. The van der Waals surface area contributed by atoms with Crippen LogP contribution >= 0.6 is 0 Å². The quantitative estimate of drug-likeness (QED) is 0.292. The summed E-state index contributed by atoms with van der Waals surface area (Å²) in [6, 6.07) is 0. The third kappa shape index (κ3) is 8.05. The minimum atomic E-state index is -1.77. The van der Waals surface area contributed by atoms with Crippen molar-refractivity contribution in [3.05, 3.63) is 0 Å². The highest BCUT2D eigenvalue weighted by Gasteiger charge is 2.54. The molecule has 0 aromatic carbocycles. The van der Waals surface area contributed by atoms with Crippen LogP contribution in [0.1, 0.15) is 126 Å². The first-order chi connectivity index (χ1) is 14.9. The van der Waals surface area contributed by atoms with Crippen molar-refractivity contribution in [3.63, 3.8) is 0 Å². The number of aliphatic hydroxyl groups is 2. The van der Waals surface area contributed by atoms with Crippen molar-refractivity contribution in [1.29, 1.82) is 0 Å². The highest BCUT2D eigenvalue weighted by molar-refractivity contribution is 6.74. The zero-order valence-electron chi connectivity index (χ0n) is 23.9. The van der Waals surface area contributed by atoms with Gasteiger partial charge in [0, 0.05) is 6.10 Å². The van der Waals surface area contributed by atoms with Gasteiger partial charge in [-0.3, -0.25) is 0 Å². The first-order valence-corrected chi connectivity index (χ1v) is 16.9. The van der Waals surface area contributed by atoms with Gasteiger partial charge in [0.2, 0.25) is 0 Å². The molecule has 2 aliphatic rings. The number of hydrogen-bond donors (Lipinski definition) is 2. The molecule has 33 heavy (non-hydrogen) atoms. The van der Waals surface area contributed by atoms with E-state index in [1.807, 2.05) is 27.7 Å². The van der Waals surface area contributed by atoms with E-state index >= 15 is 0 Å². The Morgan fingerprint density at radius 2 is 1.39 bits per heavy atom. The summed E-state index contributed by atoms with van der Waals surface area (Å²) in [5.74, 6) is 2.13. The molecule has 0 saturated heterocycles. The molecular formula is C29H58O3Si. The molecule has 0 aromatic rings. The summed E-state index contributed by atoms with van der Waals surface area (Å²) in [5, 5.41) is 20.8. The van der Waals surface area contributed by atoms with Gasteiger partial charge in [0.25, 0.3) is 0 Å². The molecule has 0 heterocycles. The minimum Gasteiger partial charge on any atom is -0.414 e. The molecule has 2 fully saturated rings. The van der Waals surface area contributed by atoms with Crippen molar-refractivity contribution < 1.29 is 14.6 Å². The zero-order valence-corrected chi connectivity index (χ0v) is 24.9. The summed E-state index contributed by atoms with van der Waals surface area (Å²) in [4.78, 5) is 0. The van der Waals surface area contributed by atoms with Crippen molar-refractivity contribution in [3.8, 4) is 0 Å². The lowest BCUT2D eigenvalue weighted by atomic mass is 9.60. The maximum absolute atomic E-state index is 10.3. The van der Waals surface area contributed by atoms with Gasteiger partial charge in [0.15, 0.2) is 8.32 Å². The van der Waals surface area contributed by atoms with Gasteiger partial charge < -0.3 is 14.6 Å². The van der Waals surface area contributed by atoms with Crippen LogP contribution in [0.4, 0.5) is 0 Å². The number of hydrogen-bond acceptors (Lipinski definition) is 3. The molecule has 2 rings (SSSR count). The second-order valence-electron chi connectivity index (χ2n) is 14.8. The topological polar surface area (TPSA) is 49.7 Å². The first-order valence-electron chi connectivity index (χ1n) is 14.0. The lowest BCUT2D eigenvalue weighted by molar-refractivity contribution is -0.0259. The van der Waals surface area contributed by atoms with Gasteiger partial charge in [-0.15, -0.1) is 0 Å². The molecular weight excluding hydrogens is 424 g/mol. The normalized spacial score (nSPS) is 29.5. The third-order valence-corrected chi connectivity index (χ3v) is 14.2. The Kier molecular flexibility index (Phi) is 9.43. The van der Waals surface area contributed by atoms with E-state index in [0.717, 1.165) is 31.6 Å². The highest BCUT2D eigenvalue weighted by Crippen LogP contribution is 2.60. The number of rotatable bonds is 11. The monoisotopic (exact) mass is 482 g/mol. The van der Waals surface area contributed by atoms with E-state index in [1.165, 1.54) is 44.9 Å². The molecule has 0 amide bonds. The van der Waals surface area contributed by atoms with E-state index in [4.69, 9.17) is 4.43 Å². The van der Waals surface area contributed by atoms with Gasteiger partial charge in [-0.1, -0.05) is 59.8 Å². The Morgan fingerprint density at radius 1 is 0.879 bits per heavy atom. The molecule has 0 aromatic heterocycles. The van der Waals surface area contributed by atoms with E-state index in [-0.39, 0.29) is 5.04 Å². The molecule has 2 saturated carbocycles. The van der Waals surface area contributed by atoms with Crippen LogP contribution in [-0.4, -0.2) is 35.8 Å². The SMILES string of the molecule is CC(C)(O)CCCC(CCCC(C)(C)O)[C@@H]1CC[C@@H]2[C@H](O[Si](C)(C)C(C)(C)C)CCC[C@]21C. The second-order valence-corrected chi connectivity index (χ2v) is 19.5. The van der Waals surface area contributed by atoms with Crippen molar-refractivity contribution in [2.45, 2.75) is 161 Å². The maximum atomic E-state index is 10.3. The molecule has 0 radical (unpaired) electrons. The standard InChI is InChI=1S/C29H58O3Si/c1-26(2,3)33(9,10)32-25-16-13-21-29(8)23(17-18-24(25)29)22(14-11-19-27(4,5)30)15-12-20-28(6,7)31/h22-25,30-31H,11-21H2,1-10H3/t23-,24+,25+,29-/m0/s1. The van der Waals surface area contributed by atoms with Crippen LogP contribution in [0.15, 0.2) is 0 Å². The van der Waals surface area contributed by atoms with Gasteiger partial charge in [-0.2, -0.15) is 0 Å². The average Bonchev–Trinajstić information content (AvgIpc) is 2.95. The summed E-state index contributed by atoms with van der Waals surface area (Å²) in [6.07, 6.45) is 13.3. The largest absolute Gasteiger partial charge is 0.414 e. The fraction of sp³-hybridized carbons (Fsp3) is 1.00. The van der Waals surface area contributed by atoms with Crippen LogP contribution in [0.5, 0.6) is 0 Å². The summed E-state index contributed by atoms with van der Waals surface area (Å²) < 4.78 is 7.07. The van der Waals surface area contributed by atoms with Crippen molar-refractivity contribution in [1.82, 2.24) is 0 Å². The van der Waals surface area contributed by atoms with Crippen LogP contribution in [-0.2, 0) is 4.43 Å². The van der Waals surface area contributed by atoms with E-state index in [0.29, 0.717) is 23.4 Å². The average molecular weight is 483 g/mol. The Bertz CT molecular complexity index is 590. The van der Waals surface area contributed by atoms with Crippen LogP contribution < -0.4 is 0 Å². The summed E-state index contributed by atoms with van der Waals surface area (Å²) in [5.41, 5.74) is -0.779. The molecule has 0 bridgehead atoms. The molecule has 4 atom stereocenters. The summed E-state index contributed by atoms with van der Waals surface area (Å²) >= 11 is 0. The van der Waals surface area contributed by atoms with Crippen LogP contribution in [0.25, 0.3) is 0 Å². The highest BCUT2D eigenvalue weighted by atomic mass is 28.4. The molecule has 0 aliphatic heterocycles. The van der Waals surface area contributed by atoms with Crippen molar-refractivity contribution >= 4 is 8.32 Å². The minimum absolute atomic E-state index is 0.260. The van der Waals surface area contributed by atoms with E-state index in [2.05, 4.69) is 40.8 Å². The van der Waals surface area contributed by atoms with Crippen LogP contribution in [0.3, 0.4) is 0 Å². The maximum Gasteiger partial charge on any atom is 0.192 e. The Labute approximate surface area is 207 Å². The second kappa shape index (κ2) is 10.6. The van der Waals surface area contributed by atoms with E-state index in [1.54, 1.807) is 0 Å². The first kappa shape index (κ1) is 29.3. The van der Waals surface area contributed by atoms with E-state index < -0.39 is 19.5 Å². The smallest absolute Gasteiger partial charge is 0.192 e. The van der Waals surface area contributed by atoms with Gasteiger partial charge >= 0.3 is 0 Å². The van der Waals surface area contributed by atoms with Gasteiger partial charge in [0.05, 0.1) is 11.2 Å². The summed E-state index contributed by atoms with van der Waals surface area (Å²) in [7, 11) is -1.77. The van der Waals surface area contributed by atoms with Gasteiger partial charge in [-0.25, -0.2) is 0 Å². The predicted molar refractivity (Wildman–Crippen MR) is 144 cm³/mol. The molecule has 2 N–H and O–H groups in total. The van der Waals surface area contributed by atoms with E-state index in [9.17, 15) is 10.2 Å². The lowest BCUT2D eigenvalue weighted by Crippen LogP contribution is -2.50. The van der Waals surface area contributed by atoms with Crippen molar-refractivity contribution in [2.75, 3.05) is 0 Å². The number of fused-ring (bicyclic) bond motifs is 1. The fourth-order valence-corrected chi connectivity index (χ4v) is 8.16. The third-order valence-electron chi connectivity index (χ3n) is 9.68. The van der Waals surface area contributed by atoms with Crippen LogP contribution in [0, 0.1) is 23.2 Å². The molecule has 196 valence electrons. The fourth-order valence-electron chi connectivity index (χ4n) is 6.77. The van der Waals surface area contributed by atoms with Crippen molar-refractivity contribution in [2.24, 2.45) is 23.2 Å². The molecule has 2 aliphatic carbocycles. The molecule has 0 spiro atoms. The zero-order chi connectivity index (χ0) is 25.3. The Morgan fingerprint density at radius 3 is 1.85 bits per heavy atom.